The quantitative estimate of drug-likeness (QED) is 0.747. The van der Waals surface area contributed by atoms with Crippen molar-refractivity contribution in [3.05, 3.63) is 70.8 Å². The van der Waals surface area contributed by atoms with Crippen LogP contribution in [-0.4, -0.2) is 28.8 Å². The standard InChI is InChI=1S/C24H32N2O2/c1-6-19(4)25-24(28)20(5)26(16-21-10-8-7-9-11-21)23(27)15-22-13-12-17(2)18(3)14-22/h7-14,19-20H,6,15-16H2,1-5H3,(H,25,28)/t19-,20-/m1/s1. The van der Waals surface area contributed by atoms with Crippen LogP contribution >= 0.6 is 0 Å². The van der Waals surface area contributed by atoms with Gasteiger partial charge in [0.25, 0.3) is 0 Å². The monoisotopic (exact) mass is 380 g/mol. The van der Waals surface area contributed by atoms with Crippen LogP contribution in [-0.2, 0) is 22.6 Å². The van der Waals surface area contributed by atoms with E-state index in [4.69, 9.17) is 0 Å². The SMILES string of the molecule is CC[C@@H](C)NC(=O)[C@@H](C)N(Cc1ccccc1)C(=O)Cc1ccc(C)c(C)c1. The van der Waals surface area contributed by atoms with Crippen LogP contribution in [0.4, 0.5) is 0 Å². The number of hydrogen-bond acceptors (Lipinski definition) is 2. The molecule has 0 heterocycles. The summed E-state index contributed by atoms with van der Waals surface area (Å²) in [5, 5.41) is 3.00. The Balaban J connectivity index is 2.21. The van der Waals surface area contributed by atoms with E-state index in [0.29, 0.717) is 6.54 Å². The number of carbonyl (C=O) groups excluding carboxylic acids is 2. The van der Waals surface area contributed by atoms with E-state index in [9.17, 15) is 9.59 Å². The van der Waals surface area contributed by atoms with E-state index in [2.05, 4.69) is 18.3 Å². The third-order valence-electron chi connectivity index (χ3n) is 5.29. The van der Waals surface area contributed by atoms with Gasteiger partial charge in [-0.25, -0.2) is 0 Å². The maximum atomic E-state index is 13.2. The zero-order valence-corrected chi connectivity index (χ0v) is 17.7. The Hall–Kier alpha value is -2.62. The number of amides is 2. The summed E-state index contributed by atoms with van der Waals surface area (Å²) < 4.78 is 0. The number of hydrogen-bond donors (Lipinski definition) is 1. The number of nitrogens with one attached hydrogen (secondary N) is 1. The third kappa shape index (κ3) is 5.95. The van der Waals surface area contributed by atoms with Crippen molar-refractivity contribution in [2.24, 2.45) is 0 Å². The van der Waals surface area contributed by atoms with E-state index in [1.54, 1.807) is 11.8 Å². The molecule has 2 amide bonds. The second-order valence-corrected chi connectivity index (χ2v) is 7.60. The molecule has 2 aromatic carbocycles. The topological polar surface area (TPSA) is 49.4 Å². The molecule has 150 valence electrons. The third-order valence-corrected chi connectivity index (χ3v) is 5.29. The Kier molecular flexibility index (Phi) is 7.80. The highest BCUT2D eigenvalue weighted by molar-refractivity contribution is 5.88. The Morgan fingerprint density at radius 1 is 0.964 bits per heavy atom. The summed E-state index contributed by atoms with van der Waals surface area (Å²) in [5.41, 5.74) is 4.36. The first-order valence-corrected chi connectivity index (χ1v) is 10.0. The van der Waals surface area contributed by atoms with Crippen molar-refractivity contribution in [3.63, 3.8) is 0 Å². The van der Waals surface area contributed by atoms with Crippen molar-refractivity contribution in [1.82, 2.24) is 10.2 Å². The van der Waals surface area contributed by atoms with Crippen molar-refractivity contribution >= 4 is 11.8 Å². The molecule has 2 atom stereocenters. The van der Waals surface area contributed by atoms with Crippen molar-refractivity contribution in [2.45, 2.75) is 66.1 Å². The molecule has 0 fully saturated rings. The molecule has 0 aliphatic carbocycles. The lowest BCUT2D eigenvalue weighted by Crippen LogP contribution is -2.49. The number of aryl methyl sites for hydroxylation is 2. The van der Waals surface area contributed by atoms with E-state index < -0.39 is 6.04 Å². The van der Waals surface area contributed by atoms with Crippen LogP contribution in [0.2, 0.25) is 0 Å². The van der Waals surface area contributed by atoms with Gasteiger partial charge in [0.15, 0.2) is 0 Å². The lowest BCUT2D eigenvalue weighted by molar-refractivity contribution is -0.140. The lowest BCUT2D eigenvalue weighted by Gasteiger charge is -2.30. The molecule has 1 N–H and O–H groups in total. The molecule has 0 aliphatic rings. The zero-order valence-electron chi connectivity index (χ0n) is 17.7. The first kappa shape index (κ1) is 21.7. The minimum absolute atomic E-state index is 0.0427. The van der Waals surface area contributed by atoms with Crippen molar-refractivity contribution in [3.8, 4) is 0 Å². The van der Waals surface area contributed by atoms with Crippen molar-refractivity contribution in [2.75, 3.05) is 0 Å². The van der Waals surface area contributed by atoms with Gasteiger partial charge in [-0.2, -0.15) is 0 Å². The number of benzene rings is 2. The molecule has 2 rings (SSSR count). The Morgan fingerprint density at radius 3 is 2.25 bits per heavy atom. The van der Waals surface area contributed by atoms with Crippen LogP contribution in [0.15, 0.2) is 48.5 Å². The zero-order chi connectivity index (χ0) is 20.7. The highest BCUT2D eigenvalue weighted by Crippen LogP contribution is 2.15. The van der Waals surface area contributed by atoms with Gasteiger partial charge in [-0.3, -0.25) is 9.59 Å². The van der Waals surface area contributed by atoms with E-state index in [0.717, 1.165) is 17.5 Å². The molecule has 0 radical (unpaired) electrons. The molecule has 0 aliphatic heterocycles. The lowest BCUT2D eigenvalue weighted by atomic mass is 10.0. The maximum absolute atomic E-state index is 13.2. The van der Waals surface area contributed by atoms with Crippen LogP contribution in [0.25, 0.3) is 0 Å². The second kappa shape index (κ2) is 10.1. The Morgan fingerprint density at radius 2 is 1.64 bits per heavy atom. The molecule has 4 heteroatoms. The predicted octanol–water partition coefficient (Wildman–Crippen LogP) is 4.18. The summed E-state index contributed by atoms with van der Waals surface area (Å²) in [5.74, 6) is -0.155. The van der Waals surface area contributed by atoms with Crippen LogP contribution in [0.5, 0.6) is 0 Å². The normalized spacial score (nSPS) is 12.9. The summed E-state index contributed by atoms with van der Waals surface area (Å²) in [7, 11) is 0. The summed E-state index contributed by atoms with van der Waals surface area (Å²) >= 11 is 0. The van der Waals surface area contributed by atoms with Crippen LogP contribution < -0.4 is 5.32 Å². The van der Waals surface area contributed by atoms with Gasteiger partial charge < -0.3 is 10.2 Å². The molecule has 2 aromatic rings. The Bertz CT molecular complexity index is 802. The Labute approximate surface area is 169 Å². The van der Waals surface area contributed by atoms with Gasteiger partial charge in [0.05, 0.1) is 6.42 Å². The van der Waals surface area contributed by atoms with Gasteiger partial charge in [0, 0.05) is 12.6 Å². The second-order valence-electron chi connectivity index (χ2n) is 7.60. The summed E-state index contributed by atoms with van der Waals surface area (Å²) in [6, 6.07) is 15.4. The number of rotatable bonds is 8. The molecule has 0 unspecified atom stereocenters. The molecular weight excluding hydrogens is 348 g/mol. The molecule has 0 saturated carbocycles. The highest BCUT2D eigenvalue weighted by Gasteiger charge is 2.26. The minimum atomic E-state index is -0.534. The van der Waals surface area contributed by atoms with Crippen molar-refractivity contribution < 1.29 is 9.59 Å². The molecule has 0 bridgehead atoms. The van der Waals surface area contributed by atoms with Gasteiger partial charge >= 0.3 is 0 Å². The number of carbonyl (C=O) groups is 2. The van der Waals surface area contributed by atoms with Crippen LogP contribution in [0.1, 0.15) is 49.4 Å². The fraction of sp³-hybridized carbons (Fsp3) is 0.417. The van der Waals surface area contributed by atoms with Gasteiger partial charge in [0.1, 0.15) is 6.04 Å². The summed E-state index contributed by atoms with van der Waals surface area (Å²) in [6.45, 7) is 10.3. The first-order chi connectivity index (χ1) is 13.3. The molecule has 4 nitrogen and oxygen atoms in total. The largest absolute Gasteiger partial charge is 0.352 e. The van der Waals surface area contributed by atoms with E-state index >= 15 is 0 Å². The molecule has 0 aromatic heterocycles. The predicted molar refractivity (Wildman–Crippen MR) is 114 cm³/mol. The van der Waals surface area contributed by atoms with Gasteiger partial charge in [-0.15, -0.1) is 0 Å². The molecule has 0 saturated heterocycles. The fourth-order valence-corrected chi connectivity index (χ4v) is 3.02. The van der Waals surface area contributed by atoms with Crippen molar-refractivity contribution in [1.29, 1.82) is 0 Å². The minimum Gasteiger partial charge on any atom is -0.352 e. The average molecular weight is 381 g/mol. The van der Waals surface area contributed by atoms with E-state index in [1.165, 1.54) is 11.1 Å². The summed E-state index contributed by atoms with van der Waals surface area (Å²) in [6.07, 6.45) is 1.14. The first-order valence-electron chi connectivity index (χ1n) is 10.0. The molecule has 0 spiro atoms. The van der Waals surface area contributed by atoms with Gasteiger partial charge in [-0.1, -0.05) is 55.5 Å². The molecular formula is C24H32N2O2. The summed E-state index contributed by atoms with van der Waals surface area (Å²) in [4.78, 5) is 27.5. The van der Waals surface area contributed by atoms with E-state index in [1.807, 2.05) is 63.2 Å². The van der Waals surface area contributed by atoms with Crippen LogP contribution in [0, 0.1) is 13.8 Å². The van der Waals surface area contributed by atoms with Crippen LogP contribution in [0.3, 0.4) is 0 Å². The van der Waals surface area contributed by atoms with Gasteiger partial charge in [-0.05, 0) is 56.4 Å². The van der Waals surface area contributed by atoms with Gasteiger partial charge in [0.2, 0.25) is 11.8 Å². The fourth-order valence-electron chi connectivity index (χ4n) is 3.02. The highest BCUT2D eigenvalue weighted by atomic mass is 16.2. The average Bonchev–Trinajstić information content (AvgIpc) is 2.69. The number of nitrogens with zero attached hydrogens (tertiary/aromatic N) is 1. The smallest absolute Gasteiger partial charge is 0.242 e. The van der Waals surface area contributed by atoms with E-state index in [-0.39, 0.29) is 24.3 Å². The maximum Gasteiger partial charge on any atom is 0.242 e. The molecule has 28 heavy (non-hydrogen) atoms.